The molecule has 2 aliphatic rings. The number of morpholine rings is 1. The molecule has 4 aromatic heterocycles. The second-order valence-electron chi connectivity index (χ2n) is 11.2. The zero-order valence-electron chi connectivity index (χ0n) is 23.3. The van der Waals surface area contributed by atoms with Crippen molar-refractivity contribution in [1.82, 2.24) is 34.2 Å². The van der Waals surface area contributed by atoms with E-state index in [0.29, 0.717) is 46.8 Å². The van der Waals surface area contributed by atoms with E-state index in [-0.39, 0.29) is 23.4 Å². The van der Waals surface area contributed by atoms with Crippen LogP contribution in [0.4, 0.5) is 4.39 Å². The SMILES string of the molecule is C[C@@H]1CN(Cc2cc3c(C#N)cn(-c4cc(-c5ccc(F)cc5-c5nncn5C)cc(C5CC5)n4)c(=O)c3[nH]2)CCO1. The van der Waals surface area contributed by atoms with Gasteiger partial charge in [0, 0.05) is 61.1 Å². The van der Waals surface area contributed by atoms with Gasteiger partial charge < -0.3 is 14.3 Å². The molecule has 5 aromatic rings. The van der Waals surface area contributed by atoms with Gasteiger partial charge in [0.15, 0.2) is 5.82 Å². The number of aromatic amines is 1. The van der Waals surface area contributed by atoms with Crippen LogP contribution < -0.4 is 5.56 Å². The van der Waals surface area contributed by atoms with Crippen LogP contribution in [0.1, 0.15) is 42.6 Å². The molecule has 0 bridgehead atoms. The summed E-state index contributed by atoms with van der Waals surface area (Å²) in [6.07, 6.45) is 5.29. The predicted molar refractivity (Wildman–Crippen MR) is 154 cm³/mol. The third-order valence-electron chi connectivity index (χ3n) is 8.01. The van der Waals surface area contributed by atoms with E-state index < -0.39 is 0 Å². The van der Waals surface area contributed by atoms with Crippen molar-refractivity contribution in [3.8, 4) is 34.4 Å². The van der Waals surface area contributed by atoms with Gasteiger partial charge >= 0.3 is 0 Å². The van der Waals surface area contributed by atoms with E-state index in [1.165, 1.54) is 16.7 Å². The fourth-order valence-electron chi connectivity index (χ4n) is 5.77. The molecule has 1 saturated carbocycles. The number of hydrogen-bond donors (Lipinski definition) is 1. The maximum atomic E-state index is 14.4. The number of rotatable bonds is 6. The highest BCUT2D eigenvalue weighted by atomic mass is 19.1. The molecule has 0 amide bonds. The molecule has 11 heteroatoms. The van der Waals surface area contributed by atoms with E-state index in [9.17, 15) is 14.4 Å². The lowest BCUT2D eigenvalue weighted by Crippen LogP contribution is -2.40. The zero-order chi connectivity index (χ0) is 29.0. The molecule has 1 aliphatic carbocycles. The molecule has 5 heterocycles. The summed E-state index contributed by atoms with van der Waals surface area (Å²) in [6, 6.07) is 12.5. The van der Waals surface area contributed by atoms with Crippen molar-refractivity contribution < 1.29 is 9.13 Å². The summed E-state index contributed by atoms with van der Waals surface area (Å²) >= 11 is 0. The molecule has 0 radical (unpaired) electrons. The molecule has 212 valence electrons. The van der Waals surface area contributed by atoms with Gasteiger partial charge in [0.2, 0.25) is 0 Å². The van der Waals surface area contributed by atoms with Crippen LogP contribution in [0.2, 0.25) is 0 Å². The van der Waals surface area contributed by atoms with Crippen LogP contribution in [0.15, 0.2) is 53.7 Å². The van der Waals surface area contributed by atoms with Crippen LogP contribution in [0, 0.1) is 17.1 Å². The molecule has 0 spiro atoms. The highest BCUT2D eigenvalue weighted by molar-refractivity contribution is 5.86. The Balaban J connectivity index is 1.36. The molecular formula is C31H29FN8O2. The number of pyridine rings is 2. The van der Waals surface area contributed by atoms with E-state index in [2.05, 4.69) is 26.2 Å². The van der Waals surface area contributed by atoms with Gasteiger partial charge in [0.05, 0.1) is 18.3 Å². The van der Waals surface area contributed by atoms with Gasteiger partial charge in [-0.2, -0.15) is 5.26 Å². The largest absolute Gasteiger partial charge is 0.376 e. The van der Waals surface area contributed by atoms with E-state index in [1.807, 2.05) is 25.1 Å². The number of nitriles is 1. The molecule has 0 unspecified atom stereocenters. The maximum Gasteiger partial charge on any atom is 0.280 e. The third-order valence-corrected chi connectivity index (χ3v) is 8.01. The van der Waals surface area contributed by atoms with Crippen molar-refractivity contribution in [3.63, 3.8) is 0 Å². The van der Waals surface area contributed by atoms with E-state index in [4.69, 9.17) is 9.72 Å². The Morgan fingerprint density at radius 2 is 2.05 bits per heavy atom. The van der Waals surface area contributed by atoms with Gasteiger partial charge in [-0.1, -0.05) is 6.07 Å². The van der Waals surface area contributed by atoms with Gasteiger partial charge in [0.1, 0.15) is 29.5 Å². The minimum atomic E-state index is -0.386. The number of fused-ring (bicyclic) bond motifs is 1. The van der Waals surface area contributed by atoms with Gasteiger partial charge in [-0.3, -0.25) is 14.3 Å². The second-order valence-corrected chi connectivity index (χ2v) is 11.2. The summed E-state index contributed by atoms with van der Waals surface area (Å²) in [5, 5.41) is 18.8. The van der Waals surface area contributed by atoms with Crippen LogP contribution in [-0.2, 0) is 18.3 Å². The standard InChI is InChI=1S/C31H29FN8O2/c1-18-14-39(7-8-42-18)16-23-12-25-21(13-33)15-40(31(41)29(25)35-23)28-10-20(9-27(36-28)19-3-4-19)24-6-5-22(32)11-26(24)30-37-34-17-38(30)2/h5-6,9-12,15,17-19,35H,3-4,7-8,14,16H2,1-2H3/t18-/m1/s1. The van der Waals surface area contributed by atoms with Crippen molar-refractivity contribution in [1.29, 1.82) is 5.26 Å². The minimum absolute atomic E-state index is 0.143. The topological polar surface area (TPSA) is 118 Å². The van der Waals surface area contributed by atoms with Crippen LogP contribution in [0.3, 0.4) is 0 Å². The Labute approximate surface area is 241 Å². The fourth-order valence-corrected chi connectivity index (χ4v) is 5.77. The molecule has 7 rings (SSSR count). The minimum Gasteiger partial charge on any atom is -0.376 e. The smallest absolute Gasteiger partial charge is 0.280 e. The highest BCUT2D eigenvalue weighted by Gasteiger charge is 2.27. The van der Waals surface area contributed by atoms with Crippen molar-refractivity contribution >= 4 is 10.9 Å². The summed E-state index contributed by atoms with van der Waals surface area (Å²) < 4.78 is 23.3. The van der Waals surface area contributed by atoms with Crippen molar-refractivity contribution in [3.05, 3.63) is 82.0 Å². The van der Waals surface area contributed by atoms with Crippen LogP contribution in [-0.4, -0.2) is 60.0 Å². The lowest BCUT2D eigenvalue weighted by atomic mass is 9.98. The lowest BCUT2D eigenvalue weighted by Gasteiger charge is -2.30. The monoisotopic (exact) mass is 564 g/mol. The first-order valence-electron chi connectivity index (χ1n) is 14.1. The summed E-state index contributed by atoms with van der Waals surface area (Å²) in [6.45, 7) is 4.93. The zero-order valence-corrected chi connectivity index (χ0v) is 23.3. The molecule has 1 aliphatic heterocycles. The number of halogens is 1. The van der Waals surface area contributed by atoms with Crippen molar-refractivity contribution in [2.45, 2.75) is 38.3 Å². The first kappa shape index (κ1) is 26.3. The number of nitrogens with one attached hydrogen (secondary N) is 1. The molecule has 2 fully saturated rings. The number of nitrogens with zero attached hydrogens (tertiary/aromatic N) is 7. The van der Waals surface area contributed by atoms with Crippen LogP contribution >= 0.6 is 0 Å². The molecule has 1 aromatic carbocycles. The van der Waals surface area contributed by atoms with Gasteiger partial charge in [-0.05, 0) is 61.2 Å². The summed E-state index contributed by atoms with van der Waals surface area (Å²) in [5.41, 5.74) is 4.29. The predicted octanol–water partition coefficient (Wildman–Crippen LogP) is 4.29. The summed E-state index contributed by atoms with van der Waals surface area (Å²) in [4.78, 5) is 24.4. The Bertz CT molecular complexity index is 1930. The van der Waals surface area contributed by atoms with Crippen LogP contribution in [0.25, 0.3) is 39.2 Å². The van der Waals surface area contributed by atoms with E-state index in [1.54, 1.807) is 30.2 Å². The number of aryl methyl sites for hydroxylation is 1. The number of aromatic nitrogens is 6. The molecule has 42 heavy (non-hydrogen) atoms. The number of ether oxygens (including phenoxy) is 1. The number of H-pyrrole nitrogens is 1. The number of benzene rings is 1. The van der Waals surface area contributed by atoms with Crippen LogP contribution in [0.5, 0.6) is 0 Å². The second kappa shape index (κ2) is 10.3. The van der Waals surface area contributed by atoms with Gasteiger partial charge in [-0.25, -0.2) is 9.37 Å². The van der Waals surface area contributed by atoms with Crippen molar-refractivity contribution in [2.24, 2.45) is 7.05 Å². The molecule has 1 atom stereocenters. The molecule has 1 N–H and O–H groups in total. The van der Waals surface area contributed by atoms with E-state index in [0.717, 1.165) is 48.4 Å². The van der Waals surface area contributed by atoms with E-state index >= 15 is 0 Å². The molecule has 10 nitrogen and oxygen atoms in total. The first-order valence-corrected chi connectivity index (χ1v) is 14.1. The average molecular weight is 565 g/mol. The number of hydrogen-bond acceptors (Lipinski definition) is 7. The normalized spacial score (nSPS) is 17.5. The Kier molecular flexibility index (Phi) is 6.45. The Hall–Kier alpha value is -4.66. The Morgan fingerprint density at radius 1 is 1.19 bits per heavy atom. The molecular weight excluding hydrogens is 535 g/mol. The summed E-state index contributed by atoms with van der Waals surface area (Å²) in [5.74, 6) is 0.826. The maximum absolute atomic E-state index is 14.4. The third kappa shape index (κ3) is 4.78. The van der Waals surface area contributed by atoms with Gasteiger partial charge in [-0.15, -0.1) is 10.2 Å². The van der Waals surface area contributed by atoms with Gasteiger partial charge in [0.25, 0.3) is 5.56 Å². The quantitative estimate of drug-likeness (QED) is 0.327. The average Bonchev–Trinajstić information content (AvgIpc) is 3.61. The van der Waals surface area contributed by atoms with Crippen molar-refractivity contribution in [2.75, 3.05) is 19.7 Å². The highest BCUT2D eigenvalue weighted by Crippen LogP contribution is 2.42. The Morgan fingerprint density at radius 3 is 2.79 bits per heavy atom. The summed E-state index contributed by atoms with van der Waals surface area (Å²) in [7, 11) is 1.81. The fraction of sp³-hybridized carbons (Fsp3) is 0.323. The first-order chi connectivity index (χ1) is 20.4. The molecule has 1 saturated heterocycles. The lowest BCUT2D eigenvalue weighted by molar-refractivity contribution is -0.0215.